The Kier molecular flexibility index (Phi) is 6.04. The average Bonchev–Trinajstić information content (AvgIpc) is 3.46. The molecule has 6 heteroatoms. The highest BCUT2D eigenvalue weighted by Gasteiger charge is 2.30. The standard InChI is InChI=1S/C24H27N3O2S/c1-17-7-6-8-20(15-17)27(18(2)23(28)26-13-4-5-14-26)24-25-22(16-30-24)19-9-11-21(29-3)12-10-19/h6-12,15-16,18H,4-5,13-14H2,1-3H3/t18-/m0/s1. The second-order valence-electron chi connectivity index (χ2n) is 7.66. The fourth-order valence-electron chi connectivity index (χ4n) is 3.86. The number of amides is 1. The zero-order chi connectivity index (χ0) is 21.1. The van der Waals surface area contributed by atoms with E-state index in [1.165, 1.54) is 0 Å². The van der Waals surface area contributed by atoms with Gasteiger partial charge in [-0.25, -0.2) is 4.98 Å². The molecule has 1 amide bonds. The largest absolute Gasteiger partial charge is 0.497 e. The minimum Gasteiger partial charge on any atom is -0.497 e. The summed E-state index contributed by atoms with van der Waals surface area (Å²) in [5.41, 5.74) is 4.08. The second kappa shape index (κ2) is 8.88. The van der Waals surface area contributed by atoms with Crippen LogP contribution in [0.15, 0.2) is 53.9 Å². The van der Waals surface area contributed by atoms with Gasteiger partial charge in [0.2, 0.25) is 5.91 Å². The van der Waals surface area contributed by atoms with Crippen LogP contribution in [-0.2, 0) is 4.79 Å². The van der Waals surface area contributed by atoms with E-state index >= 15 is 0 Å². The monoisotopic (exact) mass is 421 g/mol. The Bertz CT molecular complexity index is 1010. The summed E-state index contributed by atoms with van der Waals surface area (Å²) in [5.74, 6) is 0.982. The summed E-state index contributed by atoms with van der Waals surface area (Å²) < 4.78 is 5.26. The number of aryl methyl sites for hydroxylation is 1. The molecule has 1 aliphatic rings. The maximum absolute atomic E-state index is 13.2. The Hall–Kier alpha value is -2.86. The van der Waals surface area contributed by atoms with Gasteiger partial charge in [-0.3, -0.25) is 4.79 Å². The summed E-state index contributed by atoms with van der Waals surface area (Å²) in [5, 5.41) is 2.87. The van der Waals surface area contributed by atoms with E-state index in [2.05, 4.69) is 30.0 Å². The zero-order valence-electron chi connectivity index (χ0n) is 17.7. The Balaban J connectivity index is 1.68. The van der Waals surface area contributed by atoms with Gasteiger partial charge in [0.25, 0.3) is 0 Å². The SMILES string of the molecule is COc1ccc(-c2csc(N(c3cccc(C)c3)[C@@H](C)C(=O)N3CCCC3)n2)cc1. The molecule has 5 nitrogen and oxygen atoms in total. The van der Waals surface area contributed by atoms with Gasteiger partial charge in [0.15, 0.2) is 5.13 Å². The molecule has 2 aromatic carbocycles. The topological polar surface area (TPSA) is 45.7 Å². The summed E-state index contributed by atoms with van der Waals surface area (Å²) in [6.07, 6.45) is 2.17. The van der Waals surface area contributed by atoms with Crippen molar-refractivity contribution in [3.05, 3.63) is 59.5 Å². The van der Waals surface area contributed by atoms with Crippen LogP contribution in [-0.4, -0.2) is 42.0 Å². The van der Waals surface area contributed by atoms with Crippen LogP contribution in [0.5, 0.6) is 5.75 Å². The van der Waals surface area contributed by atoms with E-state index in [4.69, 9.17) is 9.72 Å². The first-order valence-corrected chi connectivity index (χ1v) is 11.2. The number of benzene rings is 2. The third-order valence-electron chi connectivity index (χ3n) is 5.53. The average molecular weight is 422 g/mol. The summed E-state index contributed by atoms with van der Waals surface area (Å²) in [6, 6.07) is 15.8. The minimum absolute atomic E-state index is 0.162. The third kappa shape index (κ3) is 4.19. The molecule has 1 aromatic heterocycles. The van der Waals surface area contributed by atoms with Gasteiger partial charge in [-0.15, -0.1) is 11.3 Å². The van der Waals surface area contributed by atoms with Gasteiger partial charge in [0.1, 0.15) is 11.8 Å². The normalized spacial score (nSPS) is 14.6. The molecule has 1 saturated heterocycles. The number of thiazole rings is 1. The molecule has 3 aromatic rings. The first-order valence-electron chi connectivity index (χ1n) is 10.3. The lowest BCUT2D eigenvalue weighted by Gasteiger charge is -2.31. The lowest BCUT2D eigenvalue weighted by Crippen LogP contribution is -2.44. The molecular weight excluding hydrogens is 394 g/mol. The maximum Gasteiger partial charge on any atom is 0.245 e. The molecule has 156 valence electrons. The molecule has 0 radical (unpaired) electrons. The van der Waals surface area contributed by atoms with E-state index < -0.39 is 0 Å². The van der Waals surface area contributed by atoms with Gasteiger partial charge in [-0.05, 0) is 68.7 Å². The Labute approximate surface area is 181 Å². The molecule has 0 saturated carbocycles. The van der Waals surface area contributed by atoms with E-state index in [-0.39, 0.29) is 11.9 Å². The predicted molar refractivity (Wildman–Crippen MR) is 123 cm³/mol. The van der Waals surface area contributed by atoms with Crippen molar-refractivity contribution in [2.45, 2.75) is 32.7 Å². The molecule has 4 rings (SSSR count). The lowest BCUT2D eigenvalue weighted by atomic mass is 10.1. The molecule has 2 heterocycles. The van der Waals surface area contributed by atoms with E-state index in [0.29, 0.717) is 0 Å². The fraction of sp³-hybridized carbons (Fsp3) is 0.333. The number of ether oxygens (including phenoxy) is 1. The van der Waals surface area contributed by atoms with Crippen molar-refractivity contribution >= 4 is 28.1 Å². The van der Waals surface area contributed by atoms with Gasteiger partial charge < -0.3 is 14.5 Å². The van der Waals surface area contributed by atoms with Crippen molar-refractivity contribution < 1.29 is 9.53 Å². The number of carbonyl (C=O) groups excluding carboxylic acids is 1. The molecule has 1 fully saturated rings. The highest BCUT2D eigenvalue weighted by Crippen LogP contribution is 2.35. The Morgan fingerprint density at radius 2 is 1.90 bits per heavy atom. The van der Waals surface area contributed by atoms with Crippen molar-refractivity contribution in [2.24, 2.45) is 0 Å². The van der Waals surface area contributed by atoms with Crippen LogP contribution in [0.4, 0.5) is 10.8 Å². The highest BCUT2D eigenvalue weighted by molar-refractivity contribution is 7.14. The number of carbonyl (C=O) groups is 1. The number of aromatic nitrogens is 1. The van der Waals surface area contributed by atoms with Crippen molar-refractivity contribution in [3.8, 4) is 17.0 Å². The lowest BCUT2D eigenvalue weighted by molar-refractivity contribution is -0.131. The van der Waals surface area contributed by atoms with Crippen molar-refractivity contribution in [1.82, 2.24) is 9.88 Å². The first-order chi connectivity index (χ1) is 14.6. The quantitative estimate of drug-likeness (QED) is 0.543. The van der Waals surface area contributed by atoms with Gasteiger partial charge in [0.05, 0.1) is 12.8 Å². The fourth-order valence-corrected chi connectivity index (χ4v) is 4.79. The number of methoxy groups -OCH3 is 1. The molecule has 0 unspecified atom stereocenters. The zero-order valence-corrected chi connectivity index (χ0v) is 18.5. The van der Waals surface area contributed by atoms with E-state index in [1.54, 1.807) is 18.4 Å². The van der Waals surface area contributed by atoms with Crippen LogP contribution < -0.4 is 9.64 Å². The Morgan fingerprint density at radius 3 is 2.57 bits per heavy atom. The molecule has 0 bridgehead atoms. The van der Waals surface area contributed by atoms with Gasteiger partial charge in [-0.2, -0.15) is 0 Å². The van der Waals surface area contributed by atoms with Crippen LogP contribution >= 0.6 is 11.3 Å². The minimum atomic E-state index is -0.320. The number of anilines is 2. The van der Waals surface area contributed by atoms with Crippen LogP contribution in [0.25, 0.3) is 11.3 Å². The number of hydrogen-bond donors (Lipinski definition) is 0. The molecule has 1 atom stereocenters. The number of rotatable bonds is 6. The number of likely N-dealkylation sites (tertiary alicyclic amines) is 1. The van der Waals surface area contributed by atoms with Gasteiger partial charge >= 0.3 is 0 Å². The van der Waals surface area contributed by atoms with Crippen molar-refractivity contribution in [3.63, 3.8) is 0 Å². The van der Waals surface area contributed by atoms with Crippen LogP contribution in [0.3, 0.4) is 0 Å². The number of nitrogens with zero attached hydrogens (tertiary/aromatic N) is 3. The summed E-state index contributed by atoms with van der Waals surface area (Å²) >= 11 is 1.56. The maximum atomic E-state index is 13.2. The summed E-state index contributed by atoms with van der Waals surface area (Å²) in [7, 11) is 1.66. The molecular formula is C24H27N3O2S. The second-order valence-corrected chi connectivity index (χ2v) is 8.50. The van der Waals surface area contributed by atoms with E-state index in [1.807, 2.05) is 47.5 Å². The van der Waals surface area contributed by atoms with Crippen LogP contribution in [0.1, 0.15) is 25.3 Å². The molecule has 30 heavy (non-hydrogen) atoms. The predicted octanol–water partition coefficient (Wildman–Crippen LogP) is 5.28. The van der Waals surface area contributed by atoms with E-state index in [9.17, 15) is 4.79 Å². The first kappa shape index (κ1) is 20.4. The molecule has 0 spiro atoms. The number of hydrogen-bond acceptors (Lipinski definition) is 5. The van der Waals surface area contributed by atoms with Crippen LogP contribution in [0.2, 0.25) is 0 Å². The smallest absolute Gasteiger partial charge is 0.245 e. The van der Waals surface area contributed by atoms with Gasteiger partial charge in [0, 0.05) is 29.7 Å². The highest BCUT2D eigenvalue weighted by atomic mass is 32.1. The van der Waals surface area contributed by atoms with Crippen LogP contribution in [0, 0.1) is 6.92 Å². The molecule has 0 aliphatic carbocycles. The summed E-state index contributed by atoms with van der Waals surface area (Å²) in [4.78, 5) is 22.2. The molecule has 1 aliphatic heterocycles. The molecule has 0 N–H and O–H groups in total. The summed E-state index contributed by atoms with van der Waals surface area (Å²) in [6.45, 7) is 5.75. The van der Waals surface area contributed by atoms with Crippen molar-refractivity contribution in [2.75, 3.05) is 25.1 Å². The Morgan fingerprint density at radius 1 is 1.17 bits per heavy atom. The third-order valence-corrected chi connectivity index (χ3v) is 6.37. The van der Waals surface area contributed by atoms with E-state index in [0.717, 1.165) is 59.3 Å². The van der Waals surface area contributed by atoms with Gasteiger partial charge in [-0.1, -0.05) is 12.1 Å². The van der Waals surface area contributed by atoms with Crippen molar-refractivity contribution in [1.29, 1.82) is 0 Å².